The molecule has 0 aliphatic carbocycles. The first kappa shape index (κ1) is 16.4. The summed E-state index contributed by atoms with van der Waals surface area (Å²) < 4.78 is 5.06. The number of nitrogens with one attached hydrogen (secondary N) is 1. The molecule has 0 saturated heterocycles. The number of ether oxygens (including phenoxy) is 1. The summed E-state index contributed by atoms with van der Waals surface area (Å²) in [6.45, 7) is 7.27. The molecular weight excluding hydrogens is 254 g/mol. The van der Waals surface area contributed by atoms with Crippen LogP contribution in [0.3, 0.4) is 0 Å². The summed E-state index contributed by atoms with van der Waals surface area (Å²) in [6, 6.07) is 9.14. The largest absolute Gasteiger partial charge is 0.465 e. The lowest BCUT2D eigenvalue weighted by atomic mass is 9.96. The Hall–Kier alpha value is -1.68. The Morgan fingerprint density at radius 1 is 1.20 bits per heavy atom. The minimum atomic E-state index is -0.623. The average molecular weight is 277 g/mol. The maximum Gasteiger partial charge on any atom is 0.323 e. The number of carbonyl (C=O) groups is 2. The molecule has 0 aliphatic heterocycles. The van der Waals surface area contributed by atoms with Gasteiger partial charge in [0.05, 0.1) is 6.61 Å². The van der Waals surface area contributed by atoms with Gasteiger partial charge in [-0.15, -0.1) is 0 Å². The zero-order valence-electron chi connectivity index (χ0n) is 12.6. The molecule has 0 aliphatic rings. The fourth-order valence-corrected chi connectivity index (χ4v) is 1.99. The van der Waals surface area contributed by atoms with Crippen LogP contribution in [0, 0.1) is 5.92 Å². The van der Waals surface area contributed by atoms with Crippen LogP contribution >= 0.6 is 0 Å². The molecule has 0 aromatic heterocycles. The first-order chi connectivity index (χ1) is 9.47. The molecule has 0 radical (unpaired) electrons. The third-order valence-electron chi connectivity index (χ3n) is 3.41. The second-order valence-electron chi connectivity index (χ2n) is 4.93. The smallest absolute Gasteiger partial charge is 0.323 e. The Morgan fingerprint density at radius 2 is 1.80 bits per heavy atom. The van der Waals surface area contributed by atoms with E-state index in [0.29, 0.717) is 6.61 Å². The summed E-state index contributed by atoms with van der Waals surface area (Å²) in [4.78, 5) is 23.6. The molecule has 1 aromatic carbocycles. The lowest BCUT2D eigenvalue weighted by molar-refractivity contribution is -0.149. The average Bonchev–Trinajstić information content (AvgIpc) is 2.44. The van der Waals surface area contributed by atoms with Crippen LogP contribution in [0.2, 0.25) is 0 Å². The summed E-state index contributed by atoms with van der Waals surface area (Å²) in [6.07, 6.45) is 0. The van der Waals surface area contributed by atoms with E-state index in [9.17, 15) is 9.59 Å². The fraction of sp³-hybridized carbons (Fsp3) is 0.500. The van der Waals surface area contributed by atoms with Crippen molar-refractivity contribution in [2.75, 3.05) is 6.61 Å². The van der Waals surface area contributed by atoms with Crippen molar-refractivity contribution in [3.8, 4) is 0 Å². The molecular formula is C16H23NO3. The molecule has 20 heavy (non-hydrogen) atoms. The molecule has 3 unspecified atom stereocenters. The van der Waals surface area contributed by atoms with Crippen LogP contribution in [0.1, 0.15) is 39.3 Å². The van der Waals surface area contributed by atoms with Crippen LogP contribution in [-0.4, -0.2) is 24.4 Å². The normalized spacial score (nSPS) is 15.2. The van der Waals surface area contributed by atoms with Crippen molar-refractivity contribution in [3.05, 3.63) is 35.9 Å². The van der Waals surface area contributed by atoms with Gasteiger partial charge >= 0.3 is 5.97 Å². The minimum Gasteiger partial charge on any atom is -0.465 e. The van der Waals surface area contributed by atoms with Gasteiger partial charge in [-0.2, -0.15) is 0 Å². The van der Waals surface area contributed by atoms with E-state index >= 15 is 0 Å². The number of ketones is 1. The van der Waals surface area contributed by atoms with Crippen molar-refractivity contribution in [3.63, 3.8) is 0 Å². The predicted molar refractivity (Wildman–Crippen MR) is 78.3 cm³/mol. The number of esters is 1. The lowest BCUT2D eigenvalue weighted by Crippen LogP contribution is -2.46. The predicted octanol–water partition coefficient (Wildman–Crippen LogP) is 2.49. The van der Waals surface area contributed by atoms with E-state index in [1.807, 2.05) is 37.3 Å². The highest BCUT2D eigenvalue weighted by Gasteiger charge is 2.30. The number of rotatable bonds is 7. The molecule has 0 fully saturated rings. The van der Waals surface area contributed by atoms with Crippen molar-refractivity contribution in [1.82, 2.24) is 5.32 Å². The molecule has 4 nitrogen and oxygen atoms in total. The molecule has 0 saturated carbocycles. The Kier molecular flexibility index (Phi) is 6.39. The molecule has 0 bridgehead atoms. The van der Waals surface area contributed by atoms with E-state index in [1.165, 1.54) is 6.92 Å². The van der Waals surface area contributed by atoms with E-state index in [1.54, 1.807) is 13.8 Å². The maximum absolute atomic E-state index is 12.0. The molecule has 1 rings (SSSR count). The van der Waals surface area contributed by atoms with Gasteiger partial charge in [0, 0.05) is 12.0 Å². The van der Waals surface area contributed by atoms with Crippen molar-refractivity contribution in [1.29, 1.82) is 0 Å². The molecule has 110 valence electrons. The first-order valence-corrected chi connectivity index (χ1v) is 6.95. The minimum absolute atomic E-state index is 0.0317. The second-order valence-corrected chi connectivity index (χ2v) is 4.93. The van der Waals surface area contributed by atoms with Gasteiger partial charge < -0.3 is 4.74 Å². The highest BCUT2D eigenvalue weighted by atomic mass is 16.5. The van der Waals surface area contributed by atoms with E-state index in [2.05, 4.69) is 5.32 Å². The van der Waals surface area contributed by atoms with Crippen LogP contribution in [0.15, 0.2) is 30.3 Å². The lowest BCUT2D eigenvalue weighted by Gasteiger charge is -2.25. The highest BCUT2D eigenvalue weighted by molar-refractivity contribution is 5.87. The van der Waals surface area contributed by atoms with E-state index < -0.39 is 12.0 Å². The summed E-state index contributed by atoms with van der Waals surface area (Å²) in [5.41, 5.74) is 1.07. The maximum atomic E-state index is 12.0. The van der Waals surface area contributed by atoms with Gasteiger partial charge in [0.25, 0.3) is 0 Å². The van der Waals surface area contributed by atoms with Gasteiger partial charge in [-0.25, -0.2) is 0 Å². The van der Waals surface area contributed by atoms with E-state index in [0.717, 1.165) is 5.56 Å². The van der Waals surface area contributed by atoms with Crippen LogP contribution < -0.4 is 5.32 Å². The van der Waals surface area contributed by atoms with Gasteiger partial charge in [-0.3, -0.25) is 14.9 Å². The summed E-state index contributed by atoms with van der Waals surface area (Å²) in [7, 11) is 0. The number of carbonyl (C=O) groups excluding carboxylic acids is 2. The molecule has 0 spiro atoms. The SMILES string of the molecule is CCOC(=O)C(NC(C)c1ccccc1)C(C)C(C)=O. The monoisotopic (exact) mass is 277 g/mol. The van der Waals surface area contributed by atoms with Gasteiger partial charge in [-0.05, 0) is 26.3 Å². The Bertz CT molecular complexity index is 444. The van der Waals surface area contributed by atoms with Gasteiger partial charge in [0.1, 0.15) is 11.8 Å². The number of benzene rings is 1. The molecule has 4 heteroatoms. The number of hydrogen-bond donors (Lipinski definition) is 1. The Balaban J connectivity index is 2.84. The van der Waals surface area contributed by atoms with Crippen molar-refractivity contribution in [2.24, 2.45) is 5.92 Å². The van der Waals surface area contributed by atoms with Gasteiger partial charge in [0.15, 0.2) is 0 Å². The van der Waals surface area contributed by atoms with Crippen molar-refractivity contribution >= 4 is 11.8 Å². The molecule has 0 heterocycles. The second kappa shape index (κ2) is 7.80. The van der Waals surface area contributed by atoms with Crippen LogP contribution in [0.5, 0.6) is 0 Å². The van der Waals surface area contributed by atoms with Crippen LogP contribution in [0.4, 0.5) is 0 Å². The number of Topliss-reactive ketones (excluding diaryl/α,β-unsaturated/α-hetero) is 1. The first-order valence-electron chi connectivity index (χ1n) is 6.95. The molecule has 1 N–H and O–H groups in total. The zero-order chi connectivity index (χ0) is 15.1. The number of hydrogen-bond acceptors (Lipinski definition) is 4. The van der Waals surface area contributed by atoms with Crippen LogP contribution in [0.25, 0.3) is 0 Å². The van der Waals surface area contributed by atoms with Crippen LogP contribution in [-0.2, 0) is 14.3 Å². The van der Waals surface area contributed by atoms with E-state index in [-0.39, 0.29) is 17.8 Å². The summed E-state index contributed by atoms with van der Waals surface area (Å²) in [5, 5.41) is 3.20. The standard InChI is InChI=1S/C16H23NO3/c1-5-20-16(19)15(11(2)13(4)18)17-12(3)14-9-7-6-8-10-14/h6-12,15,17H,5H2,1-4H3. The summed E-state index contributed by atoms with van der Waals surface area (Å²) >= 11 is 0. The van der Waals surface area contributed by atoms with Gasteiger partial charge in [-0.1, -0.05) is 37.3 Å². The van der Waals surface area contributed by atoms with Crippen molar-refractivity contribution < 1.29 is 14.3 Å². The molecule has 3 atom stereocenters. The Labute approximate surface area is 120 Å². The zero-order valence-corrected chi connectivity index (χ0v) is 12.6. The fourth-order valence-electron chi connectivity index (χ4n) is 1.99. The van der Waals surface area contributed by atoms with Gasteiger partial charge in [0.2, 0.25) is 0 Å². The Morgan fingerprint density at radius 3 is 2.30 bits per heavy atom. The molecule has 1 aromatic rings. The third-order valence-corrected chi connectivity index (χ3v) is 3.41. The van der Waals surface area contributed by atoms with Crippen molar-refractivity contribution in [2.45, 2.75) is 39.8 Å². The quantitative estimate of drug-likeness (QED) is 0.778. The topological polar surface area (TPSA) is 55.4 Å². The summed E-state index contributed by atoms with van der Waals surface area (Å²) in [5.74, 6) is -0.825. The molecule has 0 amide bonds. The highest BCUT2D eigenvalue weighted by Crippen LogP contribution is 2.16. The van der Waals surface area contributed by atoms with E-state index in [4.69, 9.17) is 4.74 Å². The third kappa shape index (κ3) is 4.46.